The molecule has 1 aromatic rings. The molecular formula is C14H18BrFN2O. The van der Waals surface area contributed by atoms with Crippen molar-refractivity contribution < 1.29 is 9.18 Å². The molecule has 0 aromatic heterocycles. The van der Waals surface area contributed by atoms with Crippen LogP contribution in [0.1, 0.15) is 24.8 Å². The molecule has 0 spiro atoms. The van der Waals surface area contributed by atoms with Crippen molar-refractivity contribution in [3.05, 3.63) is 34.1 Å². The highest BCUT2D eigenvalue weighted by Gasteiger charge is 2.21. The zero-order valence-corrected chi connectivity index (χ0v) is 12.3. The molecule has 2 N–H and O–H groups in total. The van der Waals surface area contributed by atoms with Crippen LogP contribution in [0.2, 0.25) is 0 Å². The zero-order chi connectivity index (χ0) is 13.8. The summed E-state index contributed by atoms with van der Waals surface area (Å²) < 4.78 is 14.0. The summed E-state index contributed by atoms with van der Waals surface area (Å²) in [6, 6.07) is 5.12. The fourth-order valence-corrected chi connectivity index (χ4v) is 2.93. The molecule has 0 atom stereocenters. The Labute approximate surface area is 121 Å². The first-order valence-electron chi connectivity index (χ1n) is 6.50. The average Bonchev–Trinajstić information content (AvgIpc) is 2.37. The van der Waals surface area contributed by atoms with Crippen LogP contribution >= 0.6 is 15.9 Å². The van der Waals surface area contributed by atoms with Gasteiger partial charge in [0.1, 0.15) is 5.82 Å². The summed E-state index contributed by atoms with van der Waals surface area (Å²) in [4.78, 5) is 13.2. The van der Waals surface area contributed by atoms with E-state index < -0.39 is 0 Å². The first-order chi connectivity index (χ1) is 9.06. The second-order valence-corrected chi connectivity index (χ2v) is 5.90. The summed E-state index contributed by atoms with van der Waals surface area (Å²) in [5, 5.41) is 0. The highest BCUT2D eigenvalue weighted by Crippen LogP contribution is 2.25. The molecule has 5 heteroatoms. The van der Waals surface area contributed by atoms with Gasteiger partial charge in [-0.1, -0.05) is 12.1 Å². The van der Waals surface area contributed by atoms with Gasteiger partial charge in [0.15, 0.2) is 0 Å². The molecule has 1 aliphatic heterocycles. The van der Waals surface area contributed by atoms with E-state index in [9.17, 15) is 9.18 Å². The molecule has 3 nitrogen and oxygen atoms in total. The Morgan fingerprint density at radius 2 is 2.11 bits per heavy atom. The third kappa shape index (κ3) is 4.01. The van der Waals surface area contributed by atoms with Gasteiger partial charge in [-0.05, 0) is 59.4 Å². The summed E-state index contributed by atoms with van der Waals surface area (Å²) in [6.07, 6.45) is 2.45. The van der Waals surface area contributed by atoms with Gasteiger partial charge in [0.2, 0.25) is 5.91 Å². The third-order valence-electron chi connectivity index (χ3n) is 3.62. The summed E-state index contributed by atoms with van der Waals surface area (Å²) in [5.74, 6) is -0.0304. The van der Waals surface area contributed by atoms with Crippen molar-refractivity contribution in [3.63, 3.8) is 0 Å². The van der Waals surface area contributed by atoms with E-state index in [1.165, 1.54) is 6.07 Å². The maximum atomic E-state index is 13.4. The van der Waals surface area contributed by atoms with E-state index in [0.29, 0.717) is 16.8 Å². The number of nitrogens with zero attached hydrogens (tertiary/aromatic N) is 1. The number of amides is 1. The Bertz CT molecular complexity index is 459. The number of likely N-dealkylation sites (tertiary alicyclic amines) is 1. The number of benzene rings is 1. The van der Waals surface area contributed by atoms with Gasteiger partial charge in [-0.2, -0.15) is 0 Å². The van der Waals surface area contributed by atoms with Crippen LogP contribution in [0.3, 0.4) is 0 Å². The van der Waals surface area contributed by atoms with Crippen LogP contribution in [0.25, 0.3) is 0 Å². The molecule has 1 saturated heterocycles. The highest BCUT2D eigenvalue weighted by atomic mass is 79.9. The number of halogens is 2. The van der Waals surface area contributed by atoms with Crippen molar-refractivity contribution in [1.29, 1.82) is 0 Å². The van der Waals surface area contributed by atoms with Gasteiger partial charge < -0.3 is 5.73 Å². The summed E-state index contributed by atoms with van der Waals surface area (Å²) >= 11 is 3.29. The second-order valence-electron chi connectivity index (χ2n) is 5.10. The number of carbonyl (C=O) groups excluding carboxylic acids is 1. The van der Waals surface area contributed by atoms with Crippen LogP contribution < -0.4 is 5.73 Å². The Hall–Kier alpha value is -0.940. The standard InChI is InChI=1S/C14H18BrFN2O/c15-14-11(2-1-3-12(14)16)9-18-6-4-10(5-7-18)8-13(17)19/h1-3,10H,4-9H2,(H2,17,19). The quantitative estimate of drug-likeness (QED) is 0.923. The summed E-state index contributed by atoms with van der Waals surface area (Å²) in [5.41, 5.74) is 6.18. The number of carbonyl (C=O) groups is 1. The number of rotatable bonds is 4. The number of nitrogens with two attached hydrogens (primary N) is 1. The number of hydrogen-bond acceptors (Lipinski definition) is 2. The van der Waals surface area contributed by atoms with Gasteiger partial charge in [0.05, 0.1) is 4.47 Å². The Kier molecular flexibility index (Phi) is 4.93. The summed E-state index contributed by atoms with van der Waals surface area (Å²) in [6.45, 7) is 2.60. The monoisotopic (exact) mass is 328 g/mol. The van der Waals surface area contributed by atoms with E-state index >= 15 is 0 Å². The molecule has 0 unspecified atom stereocenters. The topological polar surface area (TPSA) is 46.3 Å². The van der Waals surface area contributed by atoms with Gasteiger partial charge in [-0.25, -0.2) is 4.39 Å². The van der Waals surface area contributed by atoms with Crippen molar-refractivity contribution in [2.45, 2.75) is 25.8 Å². The molecule has 19 heavy (non-hydrogen) atoms. The third-order valence-corrected chi connectivity index (χ3v) is 4.51. The van der Waals surface area contributed by atoms with E-state index in [1.807, 2.05) is 6.07 Å². The minimum Gasteiger partial charge on any atom is -0.370 e. The molecule has 0 radical (unpaired) electrons. The Morgan fingerprint density at radius 1 is 1.42 bits per heavy atom. The Balaban J connectivity index is 1.89. The lowest BCUT2D eigenvalue weighted by Gasteiger charge is -2.31. The maximum absolute atomic E-state index is 13.4. The fraction of sp³-hybridized carbons (Fsp3) is 0.500. The minimum absolute atomic E-state index is 0.216. The van der Waals surface area contributed by atoms with Gasteiger partial charge in [-0.3, -0.25) is 9.69 Å². The van der Waals surface area contributed by atoms with Crippen molar-refractivity contribution in [3.8, 4) is 0 Å². The molecule has 1 aliphatic rings. The molecule has 1 fully saturated rings. The van der Waals surface area contributed by atoms with Crippen LogP contribution in [0.5, 0.6) is 0 Å². The number of hydrogen-bond donors (Lipinski definition) is 1. The van der Waals surface area contributed by atoms with Crippen molar-refractivity contribution in [2.75, 3.05) is 13.1 Å². The van der Waals surface area contributed by atoms with Crippen molar-refractivity contribution in [2.24, 2.45) is 11.7 Å². The SMILES string of the molecule is NC(=O)CC1CCN(Cc2cccc(F)c2Br)CC1. The molecule has 2 rings (SSSR count). The Morgan fingerprint density at radius 3 is 2.74 bits per heavy atom. The van der Waals surface area contributed by atoms with Crippen LogP contribution in [0, 0.1) is 11.7 Å². The zero-order valence-electron chi connectivity index (χ0n) is 10.7. The second kappa shape index (κ2) is 6.48. The smallest absolute Gasteiger partial charge is 0.217 e. The van der Waals surface area contributed by atoms with E-state index in [1.54, 1.807) is 6.07 Å². The highest BCUT2D eigenvalue weighted by molar-refractivity contribution is 9.10. The molecule has 1 amide bonds. The van der Waals surface area contributed by atoms with E-state index in [-0.39, 0.29) is 11.7 Å². The maximum Gasteiger partial charge on any atom is 0.217 e. The average molecular weight is 329 g/mol. The van der Waals surface area contributed by atoms with Gasteiger partial charge in [0.25, 0.3) is 0 Å². The molecule has 1 aromatic carbocycles. The van der Waals surface area contributed by atoms with Crippen LogP contribution in [0.4, 0.5) is 4.39 Å². The van der Waals surface area contributed by atoms with Crippen molar-refractivity contribution in [1.82, 2.24) is 4.90 Å². The molecule has 1 heterocycles. The van der Waals surface area contributed by atoms with E-state index in [4.69, 9.17) is 5.73 Å². The molecular weight excluding hydrogens is 311 g/mol. The summed E-state index contributed by atoms with van der Waals surface area (Å²) in [7, 11) is 0. The minimum atomic E-state index is -0.221. The largest absolute Gasteiger partial charge is 0.370 e. The molecule has 0 bridgehead atoms. The van der Waals surface area contributed by atoms with E-state index in [0.717, 1.165) is 38.0 Å². The van der Waals surface area contributed by atoms with Crippen LogP contribution in [-0.2, 0) is 11.3 Å². The van der Waals surface area contributed by atoms with Gasteiger partial charge >= 0.3 is 0 Å². The van der Waals surface area contributed by atoms with Crippen molar-refractivity contribution >= 4 is 21.8 Å². The first kappa shape index (κ1) is 14.5. The number of piperidine rings is 1. The van der Waals surface area contributed by atoms with Crippen LogP contribution in [-0.4, -0.2) is 23.9 Å². The molecule has 0 aliphatic carbocycles. The molecule has 104 valence electrons. The predicted octanol–water partition coefficient (Wildman–Crippen LogP) is 2.68. The normalized spacial score (nSPS) is 17.6. The van der Waals surface area contributed by atoms with Crippen LogP contribution in [0.15, 0.2) is 22.7 Å². The lowest BCUT2D eigenvalue weighted by atomic mass is 9.93. The van der Waals surface area contributed by atoms with E-state index in [2.05, 4.69) is 20.8 Å². The molecule has 0 saturated carbocycles. The predicted molar refractivity (Wildman–Crippen MR) is 75.9 cm³/mol. The fourth-order valence-electron chi connectivity index (χ4n) is 2.54. The van der Waals surface area contributed by atoms with Gasteiger partial charge in [0, 0.05) is 13.0 Å². The van der Waals surface area contributed by atoms with Gasteiger partial charge in [-0.15, -0.1) is 0 Å². The first-order valence-corrected chi connectivity index (χ1v) is 7.29. The number of primary amides is 1. The lowest BCUT2D eigenvalue weighted by molar-refractivity contribution is -0.119. The lowest BCUT2D eigenvalue weighted by Crippen LogP contribution is -2.34.